The van der Waals surface area contributed by atoms with Crippen LogP contribution in [0.5, 0.6) is 5.75 Å². The maximum absolute atomic E-state index is 13.6. The second kappa shape index (κ2) is 10.2. The number of halogens is 2. The summed E-state index contributed by atoms with van der Waals surface area (Å²) in [5.41, 5.74) is 1.66. The third kappa shape index (κ3) is 5.44. The molecule has 0 unspecified atom stereocenters. The van der Waals surface area contributed by atoms with Crippen molar-refractivity contribution in [2.24, 2.45) is 5.92 Å². The summed E-state index contributed by atoms with van der Waals surface area (Å²) in [5.74, 6) is 0.0898. The quantitative estimate of drug-likeness (QED) is 0.744. The maximum Gasteiger partial charge on any atom is 0.318 e. The largest absolute Gasteiger partial charge is 0.496 e. The smallest absolute Gasteiger partial charge is 0.318 e. The molecule has 7 heteroatoms. The van der Waals surface area contributed by atoms with Gasteiger partial charge >= 0.3 is 6.03 Å². The number of methoxy groups -OCH3 is 1. The highest BCUT2D eigenvalue weighted by Gasteiger charge is 2.33. The summed E-state index contributed by atoms with van der Waals surface area (Å²) >= 11 is 0. The number of urea groups is 1. The number of nitrogens with zero attached hydrogens (tertiary/aromatic N) is 1. The van der Waals surface area contributed by atoms with Gasteiger partial charge in [0.1, 0.15) is 11.6 Å². The number of para-hydroxylation sites is 1. The molecule has 5 nitrogen and oxygen atoms in total. The molecule has 2 atom stereocenters. The van der Waals surface area contributed by atoms with E-state index in [9.17, 15) is 13.6 Å². The average Bonchev–Trinajstić information content (AvgIpc) is 2.77. The van der Waals surface area contributed by atoms with Crippen molar-refractivity contribution in [3.8, 4) is 5.75 Å². The fourth-order valence-corrected chi connectivity index (χ4v) is 3.72. The molecule has 0 aromatic heterocycles. The molecule has 156 valence electrons. The molecule has 29 heavy (non-hydrogen) atoms. The van der Waals surface area contributed by atoms with Gasteiger partial charge in [0.25, 0.3) is 0 Å². The first kappa shape index (κ1) is 21.0. The van der Waals surface area contributed by atoms with E-state index in [0.29, 0.717) is 31.8 Å². The summed E-state index contributed by atoms with van der Waals surface area (Å²) in [6.45, 7) is 1.34. The number of piperidine rings is 1. The van der Waals surface area contributed by atoms with Crippen LogP contribution in [0.2, 0.25) is 0 Å². The second-order valence-electron chi connectivity index (χ2n) is 7.20. The van der Waals surface area contributed by atoms with Gasteiger partial charge < -0.3 is 20.3 Å². The zero-order chi connectivity index (χ0) is 20.6. The Kier molecular flexibility index (Phi) is 7.41. The van der Waals surface area contributed by atoms with Gasteiger partial charge in [-0.2, -0.15) is 0 Å². The van der Waals surface area contributed by atoms with Crippen LogP contribution in [0.15, 0.2) is 48.5 Å². The van der Waals surface area contributed by atoms with Gasteiger partial charge in [-0.3, -0.25) is 4.39 Å². The van der Waals surface area contributed by atoms with Crippen LogP contribution >= 0.6 is 0 Å². The van der Waals surface area contributed by atoms with E-state index in [2.05, 4.69) is 10.6 Å². The topological polar surface area (TPSA) is 53.6 Å². The van der Waals surface area contributed by atoms with Gasteiger partial charge in [0.15, 0.2) is 0 Å². The molecule has 0 bridgehead atoms. The molecule has 2 aromatic rings. The lowest BCUT2D eigenvalue weighted by Crippen LogP contribution is -2.54. The Labute approximate surface area is 170 Å². The lowest BCUT2D eigenvalue weighted by molar-refractivity contribution is 0.108. The summed E-state index contributed by atoms with van der Waals surface area (Å²) in [6, 6.07) is 13.0. The van der Waals surface area contributed by atoms with Crippen molar-refractivity contribution >= 4 is 6.03 Å². The van der Waals surface area contributed by atoms with Gasteiger partial charge in [0, 0.05) is 37.2 Å². The van der Waals surface area contributed by atoms with E-state index in [1.54, 1.807) is 24.1 Å². The van der Waals surface area contributed by atoms with E-state index in [4.69, 9.17) is 4.74 Å². The van der Waals surface area contributed by atoms with Crippen LogP contribution in [0.4, 0.5) is 13.6 Å². The zero-order valence-electron chi connectivity index (χ0n) is 16.5. The van der Waals surface area contributed by atoms with Gasteiger partial charge in [-0.05, 0) is 36.7 Å². The van der Waals surface area contributed by atoms with E-state index in [0.717, 1.165) is 17.7 Å². The van der Waals surface area contributed by atoms with Crippen molar-refractivity contribution in [3.63, 3.8) is 0 Å². The van der Waals surface area contributed by atoms with E-state index in [1.807, 2.05) is 24.3 Å². The molecular weight excluding hydrogens is 376 g/mol. The van der Waals surface area contributed by atoms with Crippen LogP contribution in [0.1, 0.15) is 17.5 Å². The van der Waals surface area contributed by atoms with E-state index in [1.165, 1.54) is 12.1 Å². The Morgan fingerprint density at radius 2 is 2.00 bits per heavy atom. The predicted octanol–water partition coefficient (Wildman–Crippen LogP) is 3.49. The molecule has 0 spiro atoms. The molecular formula is C22H27F2N3O2. The number of carbonyl (C=O) groups is 1. The molecule has 1 heterocycles. The number of amides is 2. The van der Waals surface area contributed by atoms with Gasteiger partial charge in [-0.15, -0.1) is 0 Å². The Bertz CT molecular complexity index is 801. The summed E-state index contributed by atoms with van der Waals surface area (Å²) in [6.07, 6.45) is 0.665. The average molecular weight is 403 g/mol. The molecule has 0 saturated carbocycles. The first-order valence-corrected chi connectivity index (χ1v) is 9.80. The highest BCUT2D eigenvalue weighted by Crippen LogP contribution is 2.22. The third-order valence-electron chi connectivity index (χ3n) is 5.32. The second-order valence-corrected chi connectivity index (χ2v) is 7.20. The lowest BCUT2D eigenvalue weighted by Gasteiger charge is -2.39. The predicted molar refractivity (Wildman–Crippen MR) is 108 cm³/mol. The van der Waals surface area contributed by atoms with Crippen molar-refractivity contribution in [2.45, 2.75) is 25.6 Å². The van der Waals surface area contributed by atoms with Crippen molar-refractivity contribution < 1.29 is 18.3 Å². The van der Waals surface area contributed by atoms with Gasteiger partial charge in [-0.1, -0.05) is 30.3 Å². The summed E-state index contributed by atoms with van der Waals surface area (Å²) in [4.78, 5) is 14.8. The van der Waals surface area contributed by atoms with E-state index in [-0.39, 0.29) is 23.8 Å². The number of nitrogens with one attached hydrogen (secondary N) is 2. The number of ether oxygens (including phenoxy) is 1. The molecule has 3 rings (SSSR count). The standard InChI is InChI=1S/C22H27F2N3O2/c1-29-21-5-3-2-4-17(21)14-26-22(28)27(15-16-6-8-19(24)9-7-16)20-10-11-25-13-18(20)12-23/h2-9,18,20,25H,10-15H2,1H3,(H,26,28)/t18-,20+/m0/s1. The SMILES string of the molecule is COc1ccccc1CNC(=O)N(Cc1ccc(F)cc1)[C@@H]1CCNC[C@@H]1CF. The molecule has 1 aliphatic heterocycles. The molecule has 1 fully saturated rings. The molecule has 0 radical (unpaired) electrons. The summed E-state index contributed by atoms with van der Waals surface area (Å²) in [5, 5.41) is 6.13. The summed E-state index contributed by atoms with van der Waals surface area (Å²) in [7, 11) is 1.59. The number of hydrogen-bond donors (Lipinski definition) is 2. The fourth-order valence-electron chi connectivity index (χ4n) is 3.72. The van der Waals surface area contributed by atoms with Crippen molar-refractivity contribution in [3.05, 3.63) is 65.5 Å². The van der Waals surface area contributed by atoms with Gasteiger partial charge in [0.2, 0.25) is 0 Å². The minimum absolute atomic E-state index is 0.232. The normalized spacial score (nSPS) is 18.9. The first-order valence-electron chi connectivity index (χ1n) is 9.80. The number of benzene rings is 2. The van der Waals surface area contributed by atoms with Crippen LogP contribution in [0, 0.1) is 11.7 Å². The number of rotatable bonds is 7. The monoisotopic (exact) mass is 403 g/mol. The molecule has 0 aliphatic carbocycles. The van der Waals surface area contributed by atoms with Crippen molar-refractivity contribution in [1.29, 1.82) is 0 Å². The van der Waals surface area contributed by atoms with Crippen molar-refractivity contribution in [2.75, 3.05) is 26.9 Å². The highest BCUT2D eigenvalue weighted by molar-refractivity contribution is 5.74. The third-order valence-corrected chi connectivity index (χ3v) is 5.32. The van der Waals surface area contributed by atoms with E-state index >= 15 is 0 Å². The van der Waals surface area contributed by atoms with Crippen molar-refractivity contribution in [1.82, 2.24) is 15.5 Å². The molecule has 2 aromatic carbocycles. The fraction of sp³-hybridized carbons (Fsp3) is 0.409. The van der Waals surface area contributed by atoms with Gasteiger partial charge in [0.05, 0.1) is 13.8 Å². The van der Waals surface area contributed by atoms with Crippen LogP contribution in [0.3, 0.4) is 0 Å². The Hall–Kier alpha value is -2.67. The first-order chi connectivity index (χ1) is 14.1. The zero-order valence-corrected chi connectivity index (χ0v) is 16.5. The maximum atomic E-state index is 13.6. The lowest BCUT2D eigenvalue weighted by atomic mass is 9.92. The molecule has 1 saturated heterocycles. The summed E-state index contributed by atoms with van der Waals surface area (Å²) < 4.78 is 32.2. The molecule has 1 aliphatic rings. The number of hydrogen-bond acceptors (Lipinski definition) is 3. The Morgan fingerprint density at radius 1 is 1.24 bits per heavy atom. The van der Waals surface area contributed by atoms with E-state index < -0.39 is 6.67 Å². The van der Waals surface area contributed by atoms with Crippen LogP contribution in [-0.4, -0.2) is 43.8 Å². The van der Waals surface area contributed by atoms with Gasteiger partial charge in [-0.25, -0.2) is 9.18 Å². The Morgan fingerprint density at radius 3 is 2.72 bits per heavy atom. The molecule has 2 amide bonds. The number of alkyl halides is 1. The minimum atomic E-state index is -0.503. The van der Waals surface area contributed by atoms with Crippen LogP contribution < -0.4 is 15.4 Å². The molecule has 2 N–H and O–H groups in total. The highest BCUT2D eigenvalue weighted by atomic mass is 19.1. The van der Waals surface area contributed by atoms with Crippen LogP contribution in [-0.2, 0) is 13.1 Å². The minimum Gasteiger partial charge on any atom is -0.496 e. The Balaban J connectivity index is 1.77. The van der Waals surface area contributed by atoms with Crippen LogP contribution in [0.25, 0.3) is 0 Å². The number of carbonyl (C=O) groups excluding carboxylic acids is 1.